The summed E-state index contributed by atoms with van der Waals surface area (Å²) in [4.78, 5) is 11.9. The smallest absolute Gasteiger partial charge is 0.252 e. The van der Waals surface area contributed by atoms with Crippen LogP contribution in [0.25, 0.3) is 0 Å². The highest BCUT2D eigenvalue weighted by molar-refractivity contribution is 7.91. The van der Waals surface area contributed by atoms with E-state index in [-0.39, 0.29) is 17.2 Å². The first kappa shape index (κ1) is 13.7. The van der Waals surface area contributed by atoms with Crippen molar-refractivity contribution in [2.75, 3.05) is 19.6 Å². The molecule has 3 fully saturated rings. The van der Waals surface area contributed by atoms with Crippen LogP contribution in [0, 0.1) is 17.3 Å². The number of nitrogens with one attached hydrogen (secondary N) is 1. The van der Waals surface area contributed by atoms with Crippen molar-refractivity contribution in [3.63, 3.8) is 0 Å². The Morgan fingerprint density at radius 1 is 1.48 bits per heavy atom. The third kappa shape index (κ3) is 2.22. The van der Waals surface area contributed by atoms with Crippen LogP contribution in [0.15, 0.2) is 21.7 Å². The molecule has 0 spiro atoms. The van der Waals surface area contributed by atoms with Gasteiger partial charge in [0.05, 0.1) is 5.41 Å². The van der Waals surface area contributed by atoms with E-state index < -0.39 is 10.0 Å². The SMILES string of the molecule is O=C(NCC1CCN(S(=O)(=O)c2cccs2)C1)C12CC1C2. The van der Waals surface area contributed by atoms with Crippen molar-refractivity contribution < 1.29 is 13.2 Å². The van der Waals surface area contributed by atoms with Crippen molar-refractivity contribution in [3.05, 3.63) is 17.5 Å². The number of sulfonamides is 1. The molecule has 3 aliphatic rings. The van der Waals surface area contributed by atoms with Gasteiger partial charge in [0, 0.05) is 19.6 Å². The number of rotatable bonds is 5. The van der Waals surface area contributed by atoms with Crippen LogP contribution in [0.1, 0.15) is 19.3 Å². The second-order valence-corrected chi connectivity index (χ2v) is 9.53. The van der Waals surface area contributed by atoms with Crippen molar-refractivity contribution in [3.8, 4) is 0 Å². The van der Waals surface area contributed by atoms with Crippen molar-refractivity contribution in [2.45, 2.75) is 23.5 Å². The maximum Gasteiger partial charge on any atom is 0.252 e. The minimum Gasteiger partial charge on any atom is -0.355 e. The Balaban J connectivity index is 1.33. The molecule has 21 heavy (non-hydrogen) atoms. The van der Waals surface area contributed by atoms with Gasteiger partial charge in [-0.2, -0.15) is 4.31 Å². The molecular formula is C14H18N2O3S2. The zero-order chi connectivity index (χ0) is 14.7. The van der Waals surface area contributed by atoms with E-state index in [2.05, 4.69) is 5.32 Å². The van der Waals surface area contributed by atoms with E-state index in [4.69, 9.17) is 0 Å². The Morgan fingerprint density at radius 2 is 2.24 bits per heavy atom. The first-order chi connectivity index (χ1) is 10.0. The Labute approximate surface area is 128 Å². The second-order valence-electron chi connectivity index (χ2n) is 6.42. The van der Waals surface area contributed by atoms with E-state index in [1.807, 2.05) is 0 Å². The van der Waals surface area contributed by atoms with E-state index in [1.165, 1.54) is 11.3 Å². The average Bonchev–Trinajstić information content (AvgIpc) is 3.11. The van der Waals surface area contributed by atoms with Gasteiger partial charge in [0.15, 0.2) is 0 Å². The Morgan fingerprint density at radius 3 is 2.86 bits per heavy atom. The summed E-state index contributed by atoms with van der Waals surface area (Å²) in [5, 5.41) is 4.80. The fourth-order valence-electron chi connectivity index (χ4n) is 3.21. The number of fused-ring (bicyclic) bond motifs is 1. The fourth-order valence-corrected chi connectivity index (χ4v) is 5.88. The highest BCUT2D eigenvalue weighted by atomic mass is 32.2. The highest BCUT2D eigenvalue weighted by Crippen LogP contribution is 2.75. The van der Waals surface area contributed by atoms with Crippen molar-refractivity contribution in [1.82, 2.24) is 9.62 Å². The lowest BCUT2D eigenvalue weighted by atomic mass is 10.1. The highest BCUT2D eigenvalue weighted by Gasteiger charge is 2.74. The number of carbonyl (C=O) groups excluding carboxylic acids is 1. The molecule has 5 nitrogen and oxygen atoms in total. The van der Waals surface area contributed by atoms with Crippen LogP contribution in [0.2, 0.25) is 0 Å². The lowest BCUT2D eigenvalue weighted by Crippen LogP contribution is -2.34. The molecule has 2 aliphatic carbocycles. The molecule has 1 saturated heterocycles. The normalized spacial score (nSPS) is 34.5. The second kappa shape index (κ2) is 4.54. The van der Waals surface area contributed by atoms with Crippen molar-refractivity contribution in [2.24, 2.45) is 17.3 Å². The van der Waals surface area contributed by atoms with Gasteiger partial charge in [0.2, 0.25) is 5.91 Å². The van der Waals surface area contributed by atoms with Crippen LogP contribution in [-0.2, 0) is 14.8 Å². The lowest BCUT2D eigenvalue weighted by Gasteiger charge is -2.16. The van der Waals surface area contributed by atoms with Gasteiger partial charge >= 0.3 is 0 Å². The topological polar surface area (TPSA) is 66.5 Å². The summed E-state index contributed by atoms with van der Waals surface area (Å²) in [7, 11) is -3.34. The monoisotopic (exact) mass is 326 g/mol. The van der Waals surface area contributed by atoms with Gasteiger partial charge < -0.3 is 5.32 Å². The van der Waals surface area contributed by atoms with Gasteiger partial charge in [0.25, 0.3) is 10.0 Å². The summed E-state index contributed by atoms with van der Waals surface area (Å²) in [5.41, 5.74) is 0.00133. The molecule has 114 valence electrons. The fraction of sp³-hybridized carbons (Fsp3) is 0.643. The first-order valence-electron chi connectivity index (χ1n) is 7.34. The summed E-state index contributed by atoms with van der Waals surface area (Å²) in [6.45, 7) is 1.66. The van der Waals surface area contributed by atoms with E-state index in [9.17, 15) is 13.2 Å². The molecule has 2 saturated carbocycles. The minimum atomic E-state index is -3.34. The van der Waals surface area contributed by atoms with Gasteiger partial charge in [-0.3, -0.25) is 4.79 Å². The number of hydrogen-bond donors (Lipinski definition) is 1. The van der Waals surface area contributed by atoms with E-state index >= 15 is 0 Å². The number of nitrogens with zero attached hydrogens (tertiary/aromatic N) is 1. The van der Waals surface area contributed by atoms with Gasteiger partial charge in [-0.05, 0) is 42.5 Å². The van der Waals surface area contributed by atoms with Crippen molar-refractivity contribution >= 4 is 27.3 Å². The minimum absolute atomic E-state index is 0.00133. The first-order valence-corrected chi connectivity index (χ1v) is 9.66. The zero-order valence-corrected chi connectivity index (χ0v) is 13.3. The molecule has 2 heterocycles. The quantitative estimate of drug-likeness (QED) is 0.886. The molecule has 4 rings (SSSR count). The van der Waals surface area contributed by atoms with Crippen LogP contribution in [0.5, 0.6) is 0 Å². The number of hydrogen-bond acceptors (Lipinski definition) is 4. The van der Waals surface area contributed by atoms with Crippen LogP contribution < -0.4 is 5.32 Å². The third-order valence-electron chi connectivity index (χ3n) is 5.02. The Hall–Kier alpha value is -0.920. The largest absolute Gasteiger partial charge is 0.355 e. The standard InChI is InChI=1S/C14H18N2O3S2/c17-13(14-6-11(14)7-14)15-8-10-3-4-16(9-10)21(18,19)12-2-1-5-20-12/h1-2,5,10-11H,3-4,6-9H2,(H,15,17). The predicted molar refractivity (Wildman–Crippen MR) is 79.4 cm³/mol. The van der Waals surface area contributed by atoms with Crippen LogP contribution >= 0.6 is 11.3 Å². The average molecular weight is 326 g/mol. The molecule has 1 aromatic rings. The summed E-state index contributed by atoms with van der Waals surface area (Å²) in [6.07, 6.45) is 2.94. The third-order valence-corrected chi connectivity index (χ3v) is 8.26. The molecule has 0 radical (unpaired) electrons. The zero-order valence-electron chi connectivity index (χ0n) is 11.6. The molecule has 1 aromatic heterocycles. The van der Waals surface area contributed by atoms with E-state index in [0.29, 0.717) is 29.8 Å². The van der Waals surface area contributed by atoms with Gasteiger partial charge in [-0.1, -0.05) is 6.07 Å². The molecule has 1 amide bonds. The number of amides is 1. The maximum absolute atomic E-state index is 12.4. The van der Waals surface area contributed by atoms with Crippen molar-refractivity contribution in [1.29, 1.82) is 0 Å². The molecule has 1 unspecified atom stereocenters. The van der Waals surface area contributed by atoms with Crippen LogP contribution in [0.3, 0.4) is 0 Å². The van der Waals surface area contributed by atoms with Crippen LogP contribution in [0.4, 0.5) is 0 Å². The maximum atomic E-state index is 12.4. The predicted octanol–water partition coefficient (Wildman–Crippen LogP) is 1.28. The molecule has 1 aliphatic heterocycles. The van der Waals surface area contributed by atoms with Crippen LogP contribution in [-0.4, -0.2) is 38.3 Å². The van der Waals surface area contributed by atoms with Gasteiger partial charge in [-0.25, -0.2) is 8.42 Å². The van der Waals surface area contributed by atoms with Gasteiger partial charge in [0.1, 0.15) is 4.21 Å². The molecule has 0 bridgehead atoms. The van der Waals surface area contributed by atoms with Gasteiger partial charge in [-0.15, -0.1) is 11.3 Å². The molecule has 7 heteroatoms. The lowest BCUT2D eigenvalue weighted by molar-refractivity contribution is -0.124. The Kier molecular flexibility index (Phi) is 2.96. The Bertz CT molecular complexity index is 662. The number of carbonyl (C=O) groups is 1. The van der Waals surface area contributed by atoms with E-state index in [0.717, 1.165) is 19.3 Å². The summed E-state index contributed by atoms with van der Waals surface area (Å²) in [5.74, 6) is 1.07. The molecule has 0 aromatic carbocycles. The summed E-state index contributed by atoms with van der Waals surface area (Å²) >= 11 is 1.25. The molecule has 1 atom stereocenters. The summed E-state index contributed by atoms with van der Waals surface area (Å²) in [6, 6.07) is 3.40. The molecular weight excluding hydrogens is 308 g/mol. The molecule has 1 N–H and O–H groups in total. The number of thiophene rings is 1. The van der Waals surface area contributed by atoms with E-state index in [1.54, 1.807) is 21.8 Å². The summed E-state index contributed by atoms with van der Waals surface area (Å²) < 4.78 is 26.8.